The van der Waals surface area contributed by atoms with Gasteiger partial charge in [-0.3, -0.25) is 9.63 Å². The Bertz CT molecular complexity index is 384. The van der Waals surface area contributed by atoms with Crippen LogP contribution in [0.15, 0.2) is 5.38 Å². The minimum absolute atomic E-state index is 0.0146. The topological polar surface area (TPSA) is 58.6 Å². The average Bonchev–Trinajstić information content (AvgIpc) is 2.45. The van der Waals surface area contributed by atoms with Gasteiger partial charge in [-0.1, -0.05) is 11.6 Å². The molecule has 0 fully saturated rings. The second-order valence-corrected chi connectivity index (χ2v) is 5.35. The summed E-state index contributed by atoms with van der Waals surface area (Å²) in [5.41, 5.74) is 2.11. The van der Waals surface area contributed by atoms with E-state index in [4.69, 9.17) is 16.4 Å². The third-order valence-corrected chi connectivity index (χ3v) is 3.39. The second-order valence-electron chi connectivity index (χ2n) is 4.09. The lowest BCUT2D eigenvalue weighted by Gasteiger charge is -2.16. The van der Waals surface area contributed by atoms with Gasteiger partial charge in [0.15, 0.2) is 0 Å². The van der Waals surface area contributed by atoms with Crippen LogP contribution in [0.25, 0.3) is 0 Å². The largest absolute Gasteiger partial charge is 0.388 e. The van der Waals surface area contributed by atoms with Crippen LogP contribution >= 0.6 is 22.9 Å². The molecule has 1 aromatic rings. The Morgan fingerprint density at radius 3 is 2.75 bits per heavy atom. The van der Waals surface area contributed by atoms with E-state index in [0.29, 0.717) is 9.90 Å². The number of aryl methyl sites for hydroxylation is 1. The standard InChI is InChI=1S/C10H14ClNO3S/c1-6-4-16-8(7(6)11)9(13)12-15-5-10(2,3)14/h4,14H,5H2,1-3H3,(H,12,13). The van der Waals surface area contributed by atoms with E-state index in [1.54, 1.807) is 19.2 Å². The molecule has 4 nitrogen and oxygen atoms in total. The predicted octanol–water partition coefficient (Wildman–Crippen LogP) is 2.14. The fraction of sp³-hybridized carbons (Fsp3) is 0.500. The van der Waals surface area contributed by atoms with E-state index in [1.165, 1.54) is 11.3 Å². The van der Waals surface area contributed by atoms with Gasteiger partial charge in [0.1, 0.15) is 11.5 Å². The smallest absolute Gasteiger partial charge is 0.286 e. The fourth-order valence-corrected chi connectivity index (χ4v) is 2.07. The van der Waals surface area contributed by atoms with E-state index in [2.05, 4.69) is 5.48 Å². The Morgan fingerprint density at radius 1 is 1.69 bits per heavy atom. The van der Waals surface area contributed by atoms with E-state index < -0.39 is 11.5 Å². The molecule has 0 bridgehead atoms. The monoisotopic (exact) mass is 263 g/mol. The fourth-order valence-electron chi connectivity index (χ4n) is 0.908. The number of rotatable bonds is 4. The summed E-state index contributed by atoms with van der Waals surface area (Å²) in [6.07, 6.45) is 0. The number of halogens is 1. The highest BCUT2D eigenvalue weighted by Crippen LogP contribution is 2.26. The van der Waals surface area contributed by atoms with Crippen molar-refractivity contribution in [3.05, 3.63) is 20.8 Å². The molecule has 0 aliphatic carbocycles. The van der Waals surface area contributed by atoms with Gasteiger partial charge in [0.05, 0.1) is 10.6 Å². The number of nitrogens with one attached hydrogen (secondary N) is 1. The van der Waals surface area contributed by atoms with Gasteiger partial charge in [0.2, 0.25) is 0 Å². The van der Waals surface area contributed by atoms with Crippen molar-refractivity contribution in [2.75, 3.05) is 6.61 Å². The number of aliphatic hydroxyl groups is 1. The maximum atomic E-state index is 11.6. The van der Waals surface area contributed by atoms with Crippen LogP contribution in [0.2, 0.25) is 5.02 Å². The zero-order chi connectivity index (χ0) is 12.3. The van der Waals surface area contributed by atoms with Crippen LogP contribution in [-0.2, 0) is 4.84 Å². The molecule has 1 rings (SSSR count). The van der Waals surface area contributed by atoms with Crippen LogP contribution in [0.3, 0.4) is 0 Å². The first-order chi connectivity index (χ1) is 7.31. The van der Waals surface area contributed by atoms with Crippen LogP contribution in [0.1, 0.15) is 29.1 Å². The normalized spacial score (nSPS) is 11.6. The summed E-state index contributed by atoms with van der Waals surface area (Å²) in [6.45, 7) is 5.01. The minimum atomic E-state index is -0.984. The van der Waals surface area contributed by atoms with E-state index in [1.807, 2.05) is 6.92 Å². The number of hydroxylamine groups is 1. The first kappa shape index (κ1) is 13.4. The number of carbonyl (C=O) groups is 1. The maximum Gasteiger partial charge on any atom is 0.286 e. The zero-order valence-corrected chi connectivity index (χ0v) is 10.9. The Labute approximate surface area is 103 Å². The van der Waals surface area contributed by atoms with Crippen LogP contribution < -0.4 is 5.48 Å². The molecule has 0 saturated carbocycles. The third-order valence-electron chi connectivity index (χ3n) is 1.70. The van der Waals surface area contributed by atoms with Crippen LogP contribution in [-0.4, -0.2) is 23.2 Å². The van der Waals surface area contributed by atoms with Gasteiger partial charge in [-0.25, -0.2) is 5.48 Å². The van der Waals surface area contributed by atoms with Crippen molar-refractivity contribution in [1.82, 2.24) is 5.48 Å². The van der Waals surface area contributed by atoms with Crippen molar-refractivity contribution in [2.24, 2.45) is 0 Å². The summed E-state index contributed by atoms with van der Waals surface area (Å²) >= 11 is 7.17. The van der Waals surface area contributed by atoms with Gasteiger partial charge in [0, 0.05) is 0 Å². The van der Waals surface area contributed by atoms with E-state index in [0.717, 1.165) is 5.56 Å². The molecule has 0 aliphatic rings. The molecule has 90 valence electrons. The molecule has 0 radical (unpaired) electrons. The number of carbonyl (C=O) groups excluding carboxylic acids is 1. The number of thiophene rings is 1. The quantitative estimate of drug-likeness (QED) is 0.819. The van der Waals surface area contributed by atoms with Gasteiger partial charge >= 0.3 is 0 Å². The Hall–Kier alpha value is -0.620. The van der Waals surface area contributed by atoms with Gasteiger partial charge in [-0.15, -0.1) is 11.3 Å². The highest BCUT2D eigenvalue weighted by molar-refractivity contribution is 7.13. The molecule has 1 heterocycles. The highest BCUT2D eigenvalue weighted by atomic mass is 35.5. The summed E-state index contributed by atoms with van der Waals surface area (Å²) < 4.78 is 0. The van der Waals surface area contributed by atoms with E-state index in [-0.39, 0.29) is 6.61 Å². The lowest BCUT2D eigenvalue weighted by Crippen LogP contribution is -2.33. The number of hydrogen-bond acceptors (Lipinski definition) is 4. The molecular formula is C10H14ClNO3S. The van der Waals surface area contributed by atoms with Gasteiger partial charge in [-0.05, 0) is 31.7 Å². The molecule has 0 aromatic carbocycles. The average molecular weight is 264 g/mol. The summed E-state index contributed by atoms with van der Waals surface area (Å²) in [5, 5.41) is 11.6. The summed E-state index contributed by atoms with van der Waals surface area (Å²) in [4.78, 5) is 16.9. The zero-order valence-electron chi connectivity index (χ0n) is 9.33. The van der Waals surface area contributed by atoms with Crippen LogP contribution in [0.4, 0.5) is 0 Å². The second kappa shape index (κ2) is 5.14. The van der Waals surface area contributed by atoms with Gasteiger partial charge in [0.25, 0.3) is 5.91 Å². The molecule has 0 spiro atoms. The molecule has 0 atom stereocenters. The lowest BCUT2D eigenvalue weighted by atomic mass is 10.2. The van der Waals surface area contributed by atoms with Gasteiger partial charge in [-0.2, -0.15) is 0 Å². The summed E-state index contributed by atoms with van der Waals surface area (Å²) in [6, 6.07) is 0. The molecule has 16 heavy (non-hydrogen) atoms. The predicted molar refractivity (Wildman–Crippen MR) is 63.8 cm³/mol. The number of amides is 1. The molecule has 6 heteroatoms. The molecule has 0 saturated heterocycles. The van der Waals surface area contributed by atoms with E-state index in [9.17, 15) is 9.90 Å². The molecule has 1 amide bonds. The molecule has 0 aliphatic heterocycles. The van der Waals surface area contributed by atoms with Gasteiger partial charge < -0.3 is 5.11 Å². The first-order valence-corrected chi connectivity index (χ1v) is 5.95. The van der Waals surface area contributed by atoms with Crippen molar-refractivity contribution in [3.63, 3.8) is 0 Å². The van der Waals surface area contributed by atoms with Crippen molar-refractivity contribution in [3.8, 4) is 0 Å². The van der Waals surface area contributed by atoms with E-state index >= 15 is 0 Å². The molecular weight excluding hydrogens is 250 g/mol. The highest BCUT2D eigenvalue weighted by Gasteiger charge is 2.17. The van der Waals surface area contributed by atoms with Crippen LogP contribution in [0.5, 0.6) is 0 Å². The third kappa shape index (κ3) is 3.75. The van der Waals surface area contributed by atoms with Crippen LogP contribution in [0, 0.1) is 6.92 Å². The van der Waals surface area contributed by atoms with Crippen molar-refractivity contribution in [1.29, 1.82) is 0 Å². The van der Waals surface area contributed by atoms with Crippen molar-refractivity contribution < 1.29 is 14.7 Å². The maximum absolute atomic E-state index is 11.6. The lowest BCUT2D eigenvalue weighted by molar-refractivity contribution is -0.0521. The van der Waals surface area contributed by atoms with Crippen molar-refractivity contribution >= 4 is 28.8 Å². The van der Waals surface area contributed by atoms with Crippen molar-refractivity contribution in [2.45, 2.75) is 26.4 Å². The number of hydrogen-bond donors (Lipinski definition) is 2. The minimum Gasteiger partial charge on any atom is -0.388 e. The summed E-state index contributed by atoms with van der Waals surface area (Å²) in [5.74, 6) is -0.396. The molecule has 1 aromatic heterocycles. The molecule has 2 N–H and O–H groups in total. The molecule has 0 unspecified atom stereocenters. The Balaban J connectivity index is 2.51. The SMILES string of the molecule is Cc1csc(C(=O)NOCC(C)(C)O)c1Cl. The summed E-state index contributed by atoms with van der Waals surface area (Å²) in [7, 11) is 0. The Morgan fingerprint density at radius 2 is 2.31 bits per heavy atom. The Kier molecular flexibility index (Phi) is 4.32. The first-order valence-electron chi connectivity index (χ1n) is 4.69.